The first-order chi connectivity index (χ1) is 23.3. The van der Waals surface area contributed by atoms with E-state index in [0.29, 0.717) is 17.8 Å². The fraction of sp³-hybridized carbons (Fsp3) is 0.200. The zero-order valence-corrected chi connectivity index (χ0v) is 28.6. The number of hydrogen-bond donors (Lipinski definition) is 0. The summed E-state index contributed by atoms with van der Waals surface area (Å²) in [7, 11) is 0. The van der Waals surface area contributed by atoms with Gasteiger partial charge in [0, 0.05) is 27.8 Å². The van der Waals surface area contributed by atoms with Crippen LogP contribution in [0, 0.1) is 0 Å². The Labute approximate surface area is 284 Å². The summed E-state index contributed by atoms with van der Waals surface area (Å²) in [4.78, 5) is 2.56. The highest BCUT2D eigenvalue weighted by molar-refractivity contribution is 7.01. The van der Waals surface area contributed by atoms with E-state index in [9.17, 15) is 0 Å². The second-order valence-electron chi connectivity index (χ2n) is 14.8. The highest BCUT2D eigenvalue weighted by Crippen LogP contribution is 2.45. The lowest BCUT2D eigenvalue weighted by atomic mass is 9.37. The van der Waals surface area contributed by atoms with E-state index < -0.39 is 0 Å². The summed E-state index contributed by atoms with van der Waals surface area (Å²) in [5.41, 5.74) is 19.1. The minimum atomic E-state index is 0.196. The molecule has 0 N–H and O–H groups in total. The summed E-state index contributed by atoms with van der Waals surface area (Å²) in [6.45, 7) is 14.0. The topological polar surface area (TPSA) is 16.4 Å². The Kier molecular flexibility index (Phi) is 6.53. The largest absolute Gasteiger partial charge is 0.456 e. The van der Waals surface area contributed by atoms with Gasteiger partial charge in [-0.2, -0.15) is 0 Å². The van der Waals surface area contributed by atoms with E-state index in [1.165, 1.54) is 72.4 Å². The summed E-state index contributed by atoms with van der Waals surface area (Å²) < 4.78 is 6.23. The molecule has 2 nitrogen and oxygen atoms in total. The molecule has 0 spiro atoms. The molecule has 6 aromatic carbocycles. The molecule has 234 valence electrons. The molecule has 0 bridgehead atoms. The fourth-order valence-corrected chi connectivity index (χ4v) is 8.11. The van der Waals surface area contributed by atoms with Crippen LogP contribution in [0.4, 0.5) is 17.1 Å². The van der Waals surface area contributed by atoms with E-state index in [1.807, 2.05) is 6.07 Å². The molecule has 0 radical (unpaired) electrons. The molecule has 0 atom stereocenters. The van der Waals surface area contributed by atoms with Crippen LogP contribution in [0.1, 0.15) is 76.0 Å². The number of para-hydroxylation sites is 1. The van der Waals surface area contributed by atoms with Gasteiger partial charge in [-0.1, -0.05) is 114 Å². The molecule has 48 heavy (non-hydrogen) atoms. The Morgan fingerprint density at radius 2 is 1.21 bits per heavy atom. The van der Waals surface area contributed by atoms with Crippen molar-refractivity contribution in [3.63, 3.8) is 0 Å². The third kappa shape index (κ3) is 4.33. The van der Waals surface area contributed by atoms with Gasteiger partial charge < -0.3 is 9.32 Å². The molecule has 3 heterocycles. The van der Waals surface area contributed by atoms with Gasteiger partial charge in [-0.3, -0.25) is 0 Å². The van der Waals surface area contributed by atoms with Crippen LogP contribution < -0.4 is 21.3 Å². The minimum Gasteiger partial charge on any atom is -0.456 e. The normalized spacial score (nSPS) is 13.3. The molecule has 9 rings (SSSR count). The number of anilines is 3. The zero-order chi connectivity index (χ0) is 32.8. The molecule has 2 aliphatic rings. The number of hydrogen-bond acceptors (Lipinski definition) is 2. The van der Waals surface area contributed by atoms with Crippen molar-refractivity contribution in [1.82, 2.24) is 0 Å². The van der Waals surface area contributed by atoms with Gasteiger partial charge in [-0.05, 0) is 116 Å². The van der Waals surface area contributed by atoms with Crippen molar-refractivity contribution in [2.75, 3.05) is 4.90 Å². The summed E-state index contributed by atoms with van der Waals surface area (Å²) in [6.07, 6.45) is 0. The van der Waals surface area contributed by atoms with Crippen LogP contribution in [-0.4, -0.2) is 6.71 Å². The average Bonchev–Trinajstić information content (AvgIpc) is 3.63. The molecule has 0 amide bonds. The van der Waals surface area contributed by atoms with Crippen LogP contribution in [0.2, 0.25) is 0 Å². The summed E-state index contributed by atoms with van der Waals surface area (Å²) >= 11 is 0. The first-order valence-electron chi connectivity index (χ1n) is 17.5. The molecule has 2 aliphatic heterocycles. The maximum absolute atomic E-state index is 6.23. The van der Waals surface area contributed by atoms with Crippen LogP contribution in [0.5, 0.6) is 0 Å². The maximum atomic E-state index is 6.23. The number of nitrogens with zero attached hydrogens (tertiary/aromatic N) is 1. The van der Waals surface area contributed by atoms with Gasteiger partial charge in [0.05, 0.1) is 0 Å². The van der Waals surface area contributed by atoms with Crippen molar-refractivity contribution in [3.8, 4) is 22.3 Å². The number of furan rings is 1. The lowest BCUT2D eigenvalue weighted by Crippen LogP contribution is -2.54. The van der Waals surface area contributed by atoms with Gasteiger partial charge in [-0.25, -0.2) is 0 Å². The van der Waals surface area contributed by atoms with Gasteiger partial charge in [0.15, 0.2) is 0 Å². The molecule has 0 unspecified atom stereocenters. The third-order valence-electron chi connectivity index (χ3n) is 10.8. The number of fused-ring (bicyclic) bond motifs is 8. The van der Waals surface area contributed by atoms with Gasteiger partial charge in [0.25, 0.3) is 0 Å². The SMILES string of the molecule is CC(C)c1cccc(N2c3cc(C(C)C)ccc3B3c4ccc(C(C)C)cc4-c4cc(-c5ccc6oc7ccccc7c6c5)cc2c43)c1. The van der Waals surface area contributed by atoms with E-state index in [4.69, 9.17) is 4.42 Å². The standard InChI is InChI=1S/C45H40BNO/c1-26(2)29-10-9-11-34(20-29)47-41-24-31(28(5)6)15-18-40(41)46-39-17-14-30(27(3)4)21-36(39)38-23-33(25-42(47)45(38)46)32-16-19-44-37(22-32)35-12-7-8-13-43(35)48-44/h7-28H,1-6H3. The second kappa shape index (κ2) is 10.8. The predicted octanol–water partition coefficient (Wildman–Crippen LogP) is 10.9. The second-order valence-corrected chi connectivity index (χ2v) is 14.8. The molecule has 0 saturated carbocycles. The average molecular weight is 622 g/mol. The van der Waals surface area contributed by atoms with E-state index >= 15 is 0 Å². The fourth-order valence-electron chi connectivity index (χ4n) is 8.11. The van der Waals surface area contributed by atoms with Crippen molar-refractivity contribution < 1.29 is 4.42 Å². The number of rotatable bonds is 5. The first-order valence-corrected chi connectivity index (χ1v) is 17.5. The molecule has 0 saturated heterocycles. The number of benzene rings is 6. The summed E-state index contributed by atoms with van der Waals surface area (Å²) in [6, 6.07) is 43.6. The van der Waals surface area contributed by atoms with Gasteiger partial charge in [0.1, 0.15) is 11.2 Å². The Hall–Kier alpha value is -5.02. The molecule has 1 aromatic heterocycles. The van der Waals surface area contributed by atoms with Gasteiger partial charge in [0.2, 0.25) is 6.71 Å². The summed E-state index contributed by atoms with van der Waals surface area (Å²) in [5, 5.41) is 2.32. The summed E-state index contributed by atoms with van der Waals surface area (Å²) in [5.74, 6) is 1.33. The highest BCUT2D eigenvalue weighted by Gasteiger charge is 2.43. The molecule has 7 aromatic rings. The van der Waals surface area contributed by atoms with E-state index in [-0.39, 0.29) is 6.71 Å². The van der Waals surface area contributed by atoms with Crippen LogP contribution in [-0.2, 0) is 0 Å². The monoisotopic (exact) mass is 621 g/mol. The third-order valence-corrected chi connectivity index (χ3v) is 10.8. The van der Waals surface area contributed by atoms with Crippen molar-refractivity contribution >= 4 is 62.1 Å². The van der Waals surface area contributed by atoms with Crippen molar-refractivity contribution in [2.24, 2.45) is 0 Å². The predicted molar refractivity (Wildman–Crippen MR) is 206 cm³/mol. The van der Waals surface area contributed by atoms with Crippen molar-refractivity contribution in [1.29, 1.82) is 0 Å². The van der Waals surface area contributed by atoms with Crippen molar-refractivity contribution in [2.45, 2.75) is 59.3 Å². The van der Waals surface area contributed by atoms with E-state index in [0.717, 1.165) is 21.9 Å². The highest BCUT2D eigenvalue weighted by atomic mass is 16.3. The Bertz CT molecular complexity index is 2410. The molecular weight excluding hydrogens is 581 g/mol. The van der Waals surface area contributed by atoms with Crippen LogP contribution >= 0.6 is 0 Å². The Balaban J connectivity index is 1.36. The quantitative estimate of drug-likeness (QED) is 0.178. The van der Waals surface area contributed by atoms with Crippen molar-refractivity contribution in [3.05, 3.63) is 132 Å². The van der Waals surface area contributed by atoms with Crippen LogP contribution in [0.15, 0.2) is 120 Å². The smallest absolute Gasteiger partial charge is 0.248 e. The molecule has 0 aliphatic carbocycles. The molecular formula is C45H40BNO. The zero-order valence-electron chi connectivity index (χ0n) is 28.6. The lowest BCUT2D eigenvalue weighted by Gasteiger charge is -2.37. The maximum Gasteiger partial charge on any atom is 0.248 e. The lowest BCUT2D eigenvalue weighted by molar-refractivity contribution is 0.669. The van der Waals surface area contributed by atoms with Gasteiger partial charge >= 0.3 is 0 Å². The molecule has 3 heteroatoms. The Morgan fingerprint density at radius 3 is 2.00 bits per heavy atom. The van der Waals surface area contributed by atoms with E-state index in [2.05, 4.69) is 156 Å². The minimum absolute atomic E-state index is 0.196. The van der Waals surface area contributed by atoms with Crippen LogP contribution in [0.25, 0.3) is 44.2 Å². The molecule has 0 fully saturated rings. The Morgan fingerprint density at radius 1 is 0.500 bits per heavy atom. The van der Waals surface area contributed by atoms with E-state index in [1.54, 1.807) is 0 Å². The van der Waals surface area contributed by atoms with Gasteiger partial charge in [-0.15, -0.1) is 0 Å². The first kappa shape index (κ1) is 29.1. The van der Waals surface area contributed by atoms with Crippen LogP contribution in [0.3, 0.4) is 0 Å².